The van der Waals surface area contributed by atoms with Gasteiger partial charge in [0.25, 0.3) is 17.9 Å². The number of alkyl halides is 8. The molecular weight excluding hydrogens is 1040 g/mol. The Morgan fingerprint density at radius 1 is 0.932 bits per heavy atom. The van der Waals surface area contributed by atoms with Crippen molar-refractivity contribution in [2.75, 3.05) is 30.6 Å². The summed E-state index contributed by atoms with van der Waals surface area (Å²) in [4.78, 5) is 53.7. The number of carbonyl (C=O) groups excluding carboxylic acids is 2. The van der Waals surface area contributed by atoms with Crippen LogP contribution < -0.4 is 15.6 Å². The first-order valence-corrected chi connectivity index (χ1v) is 25.7. The molecule has 1 saturated heterocycles. The summed E-state index contributed by atoms with van der Waals surface area (Å²) in [6, 6.07) is 4.21. The molecular formula is C47H43ClF10N10O5S. The van der Waals surface area contributed by atoms with Gasteiger partial charge in [-0.3, -0.25) is 37.9 Å². The fourth-order valence-corrected chi connectivity index (χ4v) is 11.5. The quantitative estimate of drug-likeness (QED) is 0.0750. The van der Waals surface area contributed by atoms with Gasteiger partial charge in [0.1, 0.15) is 47.7 Å². The SMILES string of the molecule is CS(=O)(=O)Nc1nn(CCN2C[C@H](F)C[C@H](F)C2)c2c(-n3c([C@H](Cc4cc(F)cc(F)c4)NC(=O)Cn4nc(C(F)F)c5c4C(F)(F)[C@@H]4C[C@H]54)nc4nc(C5CCC(F)(F)CC5)cc(C=O)c4c3=O)ccc(Cl)c12. The Labute approximate surface area is 418 Å². The minimum absolute atomic E-state index is 0.0824. The average molecular weight is 1090 g/mol. The molecule has 4 aliphatic rings. The standard InChI is InChI=1S/C47H43ClF10N10O5S/c1-74(72,73)64-43-37-30(48)2-3-33(39(37)66(63-43)9-8-65-17-26(51)15-27(52)18-65)68-44(61-42-35(45(68)71)23(20-69)13-31(60-42)22-4-6-46(55,56)7-5-22)32(12-21-10-24(49)14-25(50)11-21)59-34(70)19-67-40-36(38(62-67)41(53)54)28-16-29(28)47(40,57)58/h2-3,10-11,13-14,20,22,26-29,32,41H,4-9,12,15-19H2,1H3,(H,59,70)(H,63,64)/t26-,27+,28-,29+,32-/m0/s1. The minimum atomic E-state index is -4.15. The zero-order chi connectivity index (χ0) is 52.9. The number of aromatic nitrogens is 7. The molecule has 2 aromatic carbocycles. The fourth-order valence-electron chi connectivity index (χ4n) is 10.8. The highest BCUT2D eigenvalue weighted by Crippen LogP contribution is 2.68. The van der Waals surface area contributed by atoms with E-state index in [1.807, 2.05) is 0 Å². The van der Waals surface area contributed by atoms with E-state index in [0.717, 1.165) is 23.0 Å². The summed E-state index contributed by atoms with van der Waals surface area (Å²) in [5, 5.41) is 9.96. The molecule has 0 unspecified atom stereocenters. The Morgan fingerprint density at radius 2 is 1.62 bits per heavy atom. The number of likely N-dealkylation sites (tertiary alicyclic amines) is 1. The third kappa shape index (κ3) is 9.71. The Hall–Kier alpha value is -6.15. The van der Waals surface area contributed by atoms with Crippen LogP contribution in [0.15, 0.2) is 41.2 Å². The monoisotopic (exact) mass is 1080 g/mol. The lowest BCUT2D eigenvalue weighted by atomic mass is 9.84. The normalized spacial score (nSPS) is 22.0. The van der Waals surface area contributed by atoms with Gasteiger partial charge < -0.3 is 5.32 Å². The molecule has 74 heavy (non-hydrogen) atoms. The van der Waals surface area contributed by atoms with Crippen LogP contribution in [0.2, 0.25) is 5.02 Å². The molecule has 394 valence electrons. The number of piperidine rings is 1. The van der Waals surface area contributed by atoms with Crippen molar-refractivity contribution in [3.05, 3.63) is 103 Å². The molecule has 6 aromatic rings. The number of hydrogen-bond acceptors (Lipinski definition) is 10. The Morgan fingerprint density at radius 3 is 2.27 bits per heavy atom. The lowest BCUT2D eigenvalue weighted by Crippen LogP contribution is -2.43. The molecule has 1 aliphatic heterocycles. The Balaban J connectivity index is 1.20. The number of fused-ring (bicyclic) bond motifs is 5. The van der Waals surface area contributed by atoms with E-state index in [1.165, 1.54) is 27.8 Å². The van der Waals surface area contributed by atoms with Gasteiger partial charge in [-0.05, 0) is 61.1 Å². The first kappa shape index (κ1) is 51.3. The highest BCUT2D eigenvalue weighted by Gasteiger charge is 2.67. The molecule has 0 spiro atoms. The molecule has 2 N–H and O–H groups in total. The van der Waals surface area contributed by atoms with E-state index in [4.69, 9.17) is 16.6 Å². The van der Waals surface area contributed by atoms with Gasteiger partial charge in [-0.15, -0.1) is 0 Å². The first-order valence-electron chi connectivity index (χ1n) is 23.4. The molecule has 3 aliphatic carbocycles. The lowest BCUT2D eigenvalue weighted by molar-refractivity contribution is -0.123. The van der Waals surface area contributed by atoms with Crippen molar-refractivity contribution >= 4 is 61.6 Å². The second-order valence-electron chi connectivity index (χ2n) is 19.4. The minimum Gasteiger partial charge on any atom is -0.344 e. The molecule has 27 heteroatoms. The van der Waals surface area contributed by atoms with Gasteiger partial charge in [0.05, 0.1) is 45.8 Å². The van der Waals surface area contributed by atoms with Crippen LogP contribution in [0.5, 0.6) is 0 Å². The van der Waals surface area contributed by atoms with Gasteiger partial charge in [0, 0.05) is 80.0 Å². The summed E-state index contributed by atoms with van der Waals surface area (Å²) >= 11 is 6.78. The van der Waals surface area contributed by atoms with E-state index < -0.39 is 142 Å². The summed E-state index contributed by atoms with van der Waals surface area (Å²) < 4.78 is 178. The molecule has 0 bridgehead atoms. The van der Waals surface area contributed by atoms with E-state index in [-0.39, 0.29) is 102 Å². The summed E-state index contributed by atoms with van der Waals surface area (Å²) in [6.45, 7) is -1.86. The second-order valence-corrected chi connectivity index (χ2v) is 21.6. The number of pyridine rings is 1. The van der Waals surface area contributed by atoms with Gasteiger partial charge in [-0.1, -0.05) is 11.6 Å². The third-order valence-electron chi connectivity index (χ3n) is 14.0. The molecule has 10 rings (SSSR count). The number of hydrogen-bond donors (Lipinski definition) is 2. The van der Waals surface area contributed by atoms with E-state index in [9.17, 15) is 53.1 Å². The molecule has 2 saturated carbocycles. The molecule has 5 atom stereocenters. The van der Waals surface area contributed by atoms with Crippen LogP contribution in [0, 0.1) is 17.6 Å². The summed E-state index contributed by atoms with van der Waals surface area (Å²) in [7, 11) is -4.15. The fraction of sp³-hybridized carbons (Fsp3) is 0.468. The van der Waals surface area contributed by atoms with Crippen LogP contribution in [0.3, 0.4) is 0 Å². The van der Waals surface area contributed by atoms with Crippen molar-refractivity contribution in [2.45, 2.75) is 107 Å². The Kier molecular flexibility index (Phi) is 13.1. The highest BCUT2D eigenvalue weighted by molar-refractivity contribution is 7.92. The predicted molar refractivity (Wildman–Crippen MR) is 247 cm³/mol. The maximum Gasteiger partial charge on any atom is 0.293 e. The average Bonchev–Trinajstić information content (AvgIpc) is 3.83. The van der Waals surface area contributed by atoms with Crippen molar-refractivity contribution in [3.8, 4) is 5.69 Å². The van der Waals surface area contributed by atoms with Crippen LogP contribution in [0.25, 0.3) is 27.6 Å². The van der Waals surface area contributed by atoms with E-state index in [1.54, 1.807) is 0 Å². The molecule has 1 amide bonds. The first-order chi connectivity index (χ1) is 34.9. The number of halogens is 11. The van der Waals surface area contributed by atoms with Gasteiger partial charge >= 0.3 is 0 Å². The van der Waals surface area contributed by atoms with Crippen molar-refractivity contribution < 1.29 is 61.9 Å². The largest absolute Gasteiger partial charge is 0.344 e. The predicted octanol–water partition coefficient (Wildman–Crippen LogP) is 8.36. The van der Waals surface area contributed by atoms with Gasteiger partial charge in [0.2, 0.25) is 21.9 Å². The van der Waals surface area contributed by atoms with Gasteiger partial charge in [-0.25, -0.2) is 53.5 Å². The van der Waals surface area contributed by atoms with Crippen molar-refractivity contribution in [1.82, 2.24) is 44.3 Å². The van der Waals surface area contributed by atoms with Gasteiger partial charge in [-0.2, -0.15) is 19.0 Å². The zero-order valence-electron chi connectivity index (χ0n) is 38.8. The van der Waals surface area contributed by atoms with Crippen molar-refractivity contribution in [2.24, 2.45) is 5.92 Å². The zero-order valence-corrected chi connectivity index (χ0v) is 40.3. The molecule has 4 aromatic heterocycles. The number of nitrogens with zero attached hydrogens (tertiary/aromatic N) is 8. The van der Waals surface area contributed by atoms with Gasteiger partial charge in [0.15, 0.2) is 17.8 Å². The van der Waals surface area contributed by atoms with Crippen LogP contribution in [0.1, 0.15) is 107 Å². The lowest BCUT2D eigenvalue weighted by Gasteiger charge is -2.31. The number of aldehydes is 1. The van der Waals surface area contributed by atoms with Crippen molar-refractivity contribution in [3.63, 3.8) is 0 Å². The maximum absolute atomic E-state index is 15.7. The second kappa shape index (κ2) is 18.9. The van der Waals surface area contributed by atoms with Crippen LogP contribution in [-0.2, 0) is 40.3 Å². The smallest absolute Gasteiger partial charge is 0.293 e. The number of amides is 1. The highest BCUT2D eigenvalue weighted by atomic mass is 35.5. The number of sulfonamides is 1. The topological polar surface area (TPSA) is 179 Å². The molecule has 0 radical (unpaired) electrons. The van der Waals surface area contributed by atoms with E-state index in [0.29, 0.717) is 17.0 Å². The molecule has 5 heterocycles. The number of carbonyl (C=O) groups is 2. The van der Waals surface area contributed by atoms with Crippen molar-refractivity contribution in [1.29, 1.82) is 0 Å². The number of nitrogens with one attached hydrogen (secondary N) is 2. The summed E-state index contributed by atoms with van der Waals surface area (Å²) in [5.41, 5.74) is -4.63. The molecule has 3 fully saturated rings. The van der Waals surface area contributed by atoms with Crippen LogP contribution in [0.4, 0.5) is 49.7 Å². The van der Waals surface area contributed by atoms with Crippen LogP contribution in [-0.4, -0.2) is 104 Å². The van der Waals surface area contributed by atoms with E-state index in [2.05, 4.69) is 25.2 Å². The number of benzene rings is 2. The number of anilines is 1. The number of rotatable bonds is 15. The molecule has 15 nitrogen and oxygen atoms in total. The third-order valence-corrected chi connectivity index (χ3v) is 14.9. The van der Waals surface area contributed by atoms with E-state index >= 15 is 13.6 Å². The van der Waals surface area contributed by atoms with Crippen LogP contribution >= 0.6 is 11.6 Å². The summed E-state index contributed by atoms with van der Waals surface area (Å²) in [6.07, 6.45) is -7.60. The summed E-state index contributed by atoms with van der Waals surface area (Å²) in [5.74, 6) is -13.9. The maximum atomic E-state index is 15.7. The Bertz CT molecular complexity index is 3410.